The van der Waals surface area contributed by atoms with Gasteiger partial charge in [0.2, 0.25) is 0 Å². The number of unbranched alkanes of at least 4 members (excludes halogenated alkanes) is 1. The van der Waals surface area contributed by atoms with Crippen LogP contribution in [0.3, 0.4) is 0 Å². The number of rotatable bonds is 8. The van der Waals surface area contributed by atoms with Gasteiger partial charge in [-0.2, -0.15) is 0 Å². The molecule has 0 spiro atoms. The average Bonchev–Trinajstić information content (AvgIpc) is 2.54. The summed E-state index contributed by atoms with van der Waals surface area (Å²) in [5.74, 6) is 0.526. The number of ether oxygens (including phenoxy) is 1. The van der Waals surface area contributed by atoms with E-state index < -0.39 is 11.6 Å². The minimum Gasteiger partial charge on any atom is -0.493 e. The molecule has 1 aliphatic rings. The van der Waals surface area contributed by atoms with E-state index in [0.29, 0.717) is 12.4 Å². The van der Waals surface area contributed by atoms with E-state index >= 15 is 0 Å². The highest BCUT2D eigenvalue weighted by atomic mass is 19.2. The van der Waals surface area contributed by atoms with Crippen molar-refractivity contribution in [2.45, 2.75) is 64.7 Å². The Morgan fingerprint density at radius 3 is 2.18 bits per heavy atom. The third-order valence-electron chi connectivity index (χ3n) is 4.85. The molecule has 1 aliphatic carbocycles. The summed E-state index contributed by atoms with van der Waals surface area (Å²) in [7, 11) is 0. The predicted molar refractivity (Wildman–Crippen MR) is 86.1 cm³/mol. The van der Waals surface area contributed by atoms with Gasteiger partial charge < -0.3 is 4.74 Å². The van der Waals surface area contributed by atoms with Crippen molar-refractivity contribution in [3.63, 3.8) is 0 Å². The Balaban J connectivity index is 1.58. The fraction of sp³-hybridized carbons (Fsp3) is 0.684. The van der Waals surface area contributed by atoms with Gasteiger partial charge in [0.05, 0.1) is 6.61 Å². The van der Waals surface area contributed by atoms with Crippen LogP contribution in [0.5, 0.6) is 5.75 Å². The fourth-order valence-corrected chi connectivity index (χ4v) is 3.43. The first-order valence-corrected chi connectivity index (χ1v) is 8.77. The van der Waals surface area contributed by atoms with Crippen molar-refractivity contribution < 1.29 is 13.5 Å². The van der Waals surface area contributed by atoms with Crippen LogP contribution in [0.2, 0.25) is 0 Å². The molecule has 3 heteroatoms. The van der Waals surface area contributed by atoms with E-state index in [-0.39, 0.29) is 0 Å². The monoisotopic (exact) mass is 310 g/mol. The summed E-state index contributed by atoms with van der Waals surface area (Å²) < 4.78 is 31.4. The van der Waals surface area contributed by atoms with Crippen molar-refractivity contribution in [1.29, 1.82) is 0 Å². The third kappa shape index (κ3) is 5.58. The van der Waals surface area contributed by atoms with E-state index in [2.05, 4.69) is 6.92 Å². The van der Waals surface area contributed by atoms with Gasteiger partial charge in [-0.3, -0.25) is 0 Å². The third-order valence-corrected chi connectivity index (χ3v) is 4.85. The normalized spacial score (nSPS) is 21.8. The van der Waals surface area contributed by atoms with Gasteiger partial charge in [-0.1, -0.05) is 51.9 Å². The molecule has 0 radical (unpaired) electrons. The molecule has 1 saturated carbocycles. The van der Waals surface area contributed by atoms with Crippen molar-refractivity contribution in [3.8, 4) is 5.75 Å². The van der Waals surface area contributed by atoms with Gasteiger partial charge in [0.1, 0.15) is 5.75 Å². The Morgan fingerprint density at radius 1 is 0.955 bits per heavy atom. The van der Waals surface area contributed by atoms with Crippen LogP contribution in [0.4, 0.5) is 8.78 Å². The molecule has 22 heavy (non-hydrogen) atoms. The lowest BCUT2D eigenvalue weighted by Gasteiger charge is -2.28. The lowest BCUT2D eigenvalue weighted by atomic mass is 9.78. The molecule has 0 aromatic heterocycles. The fourth-order valence-electron chi connectivity index (χ4n) is 3.43. The maximum Gasteiger partial charge on any atom is 0.162 e. The second-order valence-corrected chi connectivity index (χ2v) is 6.60. The van der Waals surface area contributed by atoms with E-state index in [1.54, 1.807) is 0 Å². The minimum atomic E-state index is -0.845. The van der Waals surface area contributed by atoms with Crippen LogP contribution in [0, 0.1) is 23.5 Å². The first-order valence-electron chi connectivity index (χ1n) is 8.77. The van der Waals surface area contributed by atoms with E-state index in [9.17, 15) is 8.78 Å². The molecule has 124 valence electrons. The van der Waals surface area contributed by atoms with Crippen LogP contribution in [0.15, 0.2) is 18.2 Å². The van der Waals surface area contributed by atoms with Gasteiger partial charge in [-0.25, -0.2) is 8.78 Å². The lowest BCUT2D eigenvalue weighted by molar-refractivity contribution is 0.228. The van der Waals surface area contributed by atoms with Crippen molar-refractivity contribution in [2.75, 3.05) is 6.61 Å². The van der Waals surface area contributed by atoms with Gasteiger partial charge >= 0.3 is 0 Å². The molecule has 0 amide bonds. The van der Waals surface area contributed by atoms with Gasteiger partial charge in [0.15, 0.2) is 11.6 Å². The number of hydrogen-bond donors (Lipinski definition) is 0. The van der Waals surface area contributed by atoms with Gasteiger partial charge in [-0.05, 0) is 36.8 Å². The Morgan fingerprint density at radius 2 is 1.59 bits per heavy atom. The van der Waals surface area contributed by atoms with Gasteiger partial charge in [-0.15, -0.1) is 0 Å². The Kier molecular flexibility index (Phi) is 7.14. The van der Waals surface area contributed by atoms with Crippen LogP contribution in [0.1, 0.15) is 64.7 Å². The number of halogens is 2. The molecule has 0 bridgehead atoms. The molecular weight excluding hydrogens is 282 g/mol. The minimum absolute atomic E-state index is 0.419. The summed E-state index contributed by atoms with van der Waals surface area (Å²) in [6.45, 7) is 2.85. The highest BCUT2D eigenvalue weighted by Gasteiger charge is 2.20. The van der Waals surface area contributed by atoms with E-state index in [1.165, 1.54) is 57.4 Å². The largest absolute Gasteiger partial charge is 0.493 e. The van der Waals surface area contributed by atoms with Gasteiger partial charge in [0, 0.05) is 6.07 Å². The average molecular weight is 310 g/mol. The molecule has 0 saturated heterocycles. The van der Waals surface area contributed by atoms with Crippen LogP contribution in [-0.2, 0) is 0 Å². The van der Waals surface area contributed by atoms with Gasteiger partial charge in [0.25, 0.3) is 0 Å². The van der Waals surface area contributed by atoms with E-state index in [4.69, 9.17) is 4.74 Å². The summed E-state index contributed by atoms with van der Waals surface area (Å²) >= 11 is 0. The van der Waals surface area contributed by atoms with Crippen molar-refractivity contribution in [3.05, 3.63) is 29.8 Å². The lowest BCUT2D eigenvalue weighted by Crippen LogP contribution is -2.15. The maximum atomic E-state index is 13.0. The highest BCUT2D eigenvalue weighted by molar-refractivity contribution is 5.23. The first kappa shape index (κ1) is 17.2. The Labute approximate surface area is 133 Å². The van der Waals surface area contributed by atoms with Crippen molar-refractivity contribution >= 4 is 0 Å². The van der Waals surface area contributed by atoms with E-state index in [1.807, 2.05) is 0 Å². The molecule has 2 rings (SSSR count). The molecule has 1 fully saturated rings. The SMILES string of the molecule is CCCC[C@H]1CC[C@H](CCCOc2ccc(F)c(F)c2)CC1. The Hall–Kier alpha value is -1.12. The molecule has 1 aromatic rings. The van der Waals surface area contributed by atoms with Crippen LogP contribution in [0.25, 0.3) is 0 Å². The summed E-state index contributed by atoms with van der Waals surface area (Å²) in [6.07, 6.45) is 11.7. The first-order chi connectivity index (χ1) is 10.7. The second-order valence-electron chi connectivity index (χ2n) is 6.60. The molecule has 0 atom stereocenters. The van der Waals surface area contributed by atoms with E-state index in [0.717, 1.165) is 30.4 Å². The molecule has 0 aliphatic heterocycles. The second kappa shape index (κ2) is 9.12. The van der Waals surface area contributed by atoms with Crippen LogP contribution < -0.4 is 4.74 Å². The Bertz CT molecular complexity index is 439. The topological polar surface area (TPSA) is 9.23 Å². The maximum absolute atomic E-state index is 13.0. The summed E-state index contributed by atoms with van der Waals surface area (Å²) in [5.41, 5.74) is 0. The molecule has 0 unspecified atom stereocenters. The number of benzene rings is 1. The zero-order valence-corrected chi connectivity index (χ0v) is 13.6. The highest BCUT2D eigenvalue weighted by Crippen LogP contribution is 2.34. The quantitative estimate of drug-likeness (QED) is 0.525. The molecule has 0 N–H and O–H groups in total. The molecular formula is C19H28F2O. The number of hydrogen-bond acceptors (Lipinski definition) is 1. The molecule has 1 nitrogen and oxygen atoms in total. The molecule has 0 heterocycles. The van der Waals surface area contributed by atoms with Crippen LogP contribution in [-0.4, -0.2) is 6.61 Å². The summed E-state index contributed by atoms with van der Waals surface area (Å²) in [5, 5.41) is 0. The molecule has 1 aromatic carbocycles. The predicted octanol–water partition coefficient (Wildman–Crippen LogP) is 6.12. The zero-order valence-electron chi connectivity index (χ0n) is 13.6. The zero-order chi connectivity index (χ0) is 15.8. The summed E-state index contributed by atoms with van der Waals surface area (Å²) in [6, 6.07) is 3.72. The standard InChI is InChI=1S/C19H28F2O/c1-2-3-5-15-7-9-16(10-8-15)6-4-13-22-17-11-12-18(20)19(21)14-17/h11-12,14-16H,2-10,13H2,1H3/t15-,16-. The summed E-state index contributed by atoms with van der Waals surface area (Å²) in [4.78, 5) is 0. The van der Waals surface area contributed by atoms with Crippen molar-refractivity contribution in [1.82, 2.24) is 0 Å². The smallest absolute Gasteiger partial charge is 0.162 e. The van der Waals surface area contributed by atoms with Crippen molar-refractivity contribution in [2.24, 2.45) is 11.8 Å². The van der Waals surface area contributed by atoms with Crippen LogP contribution >= 0.6 is 0 Å².